The average Bonchev–Trinajstić information content (AvgIpc) is 3.20. The van der Waals surface area contributed by atoms with Crippen LogP contribution in [0.1, 0.15) is 5.56 Å². The van der Waals surface area contributed by atoms with Gasteiger partial charge in [0.1, 0.15) is 6.33 Å². The van der Waals surface area contributed by atoms with Gasteiger partial charge in [0.15, 0.2) is 11.6 Å². The first kappa shape index (κ1) is 19.9. The highest BCUT2D eigenvalue weighted by atomic mass is 19.2. The first-order valence-electron chi connectivity index (χ1n) is 10.4. The molecule has 5 rings (SSSR count). The summed E-state index contributed by atoms with van der Waals surface area (Å²) in [4.78, 5) is 9.13. The number of anilines is 3. The molecule has 9 heteroatoms. The fourth-order valence-electron chi connectivity index (χ4n) is 4.05. The molecule has 1 aromatic heterocycles. The van der Waals surface area contributed by atoms with Crippen molar-refractivity contribution in [2.75, 3.05) is 49.6 Å². The Bertz CT molecular complexity index is 1080. The molecule has 3 aromatic rings. The SMILES string of the molecule is Cc1ccc(Nc2ncn(-c3ccc(F)c(F)c3)n2)cc1N1CC(N2CCOCC2)C1. The fraction of sp³-hybridized carbons (Fsp3) is 0.364. The first-order chi connectivity index (χ1) is 15.1. The molecule has 0 atom stereocenters. The Morgan fingerprint density at radius 3 is 2.61 bits per heavy atom. The van der Waals surface area contributed by atoms with Gasteiger partial charge in [0, 0.05) is 49.7 Å². The number of aryl methyl sites for hydroxylation is 1. The molecule has 2 saturated heterocycles. The largest absolute Gasteiger partial charge is 0.379 e. The van der Waals surface area contributed by atoms with Crippen LogP contribution in [0.3, 0.4) is 0 Å². The van der Waals surface area contributed by atoms with Crippen molar-refractivity contribution < 1.29 is 13.5 Å². The third kappa shape index (κ3) is 4.11. The number of nitrogens with one attached hydrogen (secondary N) is 1. The average molecular weight is 426 g/mol. The minimum absolute atomic E-state index is 0.384. The summed E-state index contributed by atoms with van der Waals surface area (Å²) in [6.07, 6.45) is 1.46. The van der Waals surface area contributed by atoms with Crippen molar-refractivity contribution in [2.45, 2.75) is 13.0 Å². The Morgan fingerprint density at radius 1 is 1.03 bits per heavy atom. The van der Waals surface area contributed by atoms with Crippen molar-refractivity contribution in [3.8, 4) is 5.69 Å². The monoisotopic (exact) mass is 426 g/mol. The molecule has 2 fully saturated rings. The van der Waals surface area contributed by atoms with Gasteiger partial charge in [-0.15, -0.1) is 5.10 Å². The zero-order valence-electron chi connectivity index (χ0n) is 17.3. The van der Waals surface area contributed by atoms with Crippen molar-refractivity contribution in [2.24, 2.45) is 0 Å². The highest BCUT2D eigenvalue weighted by Crippen LogP contribution is 2.30. The predicted molar refractivity (Wildman–Crippen MR) is 114 cm³/mol. The summed E-state index contributed by atoms with van der Waals surface area (Å²) in [5.74, 6) is -1.43. The van der Waals surface area contributed by atoms with Crippen LogP contribution in [0.4, 0.5) is 26.1 Å². The Hall–Kier alpha value is -3.04. The van der Waals surface area contributed by atoms with E-state index in [1.54, 1.807) is 0 Å². The lowest BCUT2D eigenvalue weighted by Gasteiger charge is -2.48. The molecule has 3 heterocycles. The van der Waals surface area contributed by atoms with E-state index in [1.807, 2.05) is 6.07 Å². The number of ether oxygens (including phenoxy) is 1. The van der Waals surface area contributed by atoms with E-state index in [2.05, 4.69) is 44.3 Å². The summed E-state index contributed by atoms with van der Waals surface area (Å²) in [5.41, 5.74) is 3.68. The van der Waals surface area contributed by atoms with Crippen LogP contribution in [0.5, 0.6) is 0 Å². The number of rotatable bonds is 5. The molecule has 162 valence electrons. The van der Waals surface area contributed by atoms with Gasteiger partial charge in [0.05, 0.1) is 18.9 Å². The standard InChI is InChI=1S/C22H24F2N6O/c1-15-2-3-16(10-21(15)29-12-18(13-29)28-6-8-31-9-7-28)26-22-25-14-30(27-22)17-4-5-19(23)20(24)11-17/h2-5,10-11,14,18H,6-9,12-13H2,1H3,(H,26,27). The molecule has 0 unspecified atom stereocenters. The lowest BCUT2D eigenvalue weighted by molar-refractivity contribution is 0.0105. The van der Waals surface area contributed by atoms with E-state index in [9.17, 15) is 8.78 Å². The van der Waals surface area contributed by atoms with Crippen LogP contribution in [0, 0.1) is 18.6 Å². The Kier molecular flexibility index (Phi) is 5.29. The number of hydrogen-bond acceptors (Lipinski definition) is 6. The number of nitrogens with zero attached hydrogens (tertiary/aromatic N) is 5. The zero-order valence-corrected chi connectivity index (χ0v) is 17.3. The van der Waals surface area contributed by atoms with Crippen molar-refractivity contribution in [1.29, 1.82) is 0 Å². The van der Waals surface area contributed by atoms with E-state index < -0.39 is 11.6 Å². The Labute approximate surface area is 179 Å². The van der Waals surface area contributed by atoms with Crippen LogP contribution in [0.25, 0.3) is 5.69 Å². The Balaban J connectivity index is 1.27. The number of hydrogen-bond donors (Lipinski definition) is 1. The number of benzene rings is 2. The van der Waals surface area contributed by atoms with Gasteiger partial charge in [-0.3, -0.25) is 4.90 Å². The van der Waals surface area contributed by atoms with Crippen molar-refractivity contribution in [3.63, 3.8) is 0 Å². The van der Waals surface area contributed by atoms with Crippen molar-refractivity contribution in [3.05, 3.63) is 59.9 Å². The maximum Gasteiger partial charge on any atom is 0.246 e. The Morgan fingerprint density at radius 2 is 1.84 bits per heavy atom. The van der Waals surface area contributed by atoms with E-state index >= 15 is 0 Å². The molecule has 2 aliphatic heterocycles. The molecule has 0 bridgehead atoms. The summed E-state index contributed by atoms with van der Waals surface area (Å²) in [6, 6.07) is 10.4. The predicted octanol–water partition coefficient (Wildman–Crippen LogP) is 3.12. The summed E-state index contributed by atoms with van der Waals surface area (Å²) < 4.78 is 33.5. The van der Waals surface area contributed by atoms with E-state index in [4.69, 9.17) is 4.74 Å². The maximum atomic E-state index is 13.5. The van der Waals surface area contributed by atoms with Crippen LogP contribution in [0.15, 0.2) is 42.7 Å². The quantitative estimate of drug-likeness (QED) is 0.677. The highest BCUT2D eigenvalue weighted by Gasteiger charge is 2.33. The summed E-state index contributed by atoms with van der Waals surface area (Å²) in [5, 5.41) is 7.52. The van der Waals surface area contributed by atoms with Crippen molar-refractivity contribution in [1.82, 2.24) is 19.7 Å². The molecule has 2 aliphatic rings. The molecule has 2 aromatic carbocycles. The molecular weight excluding hydrogens is 402 g/mol. The summed E-state index contributed by atoms with van der Waals surface area (Å²) in [6.45, 7) is 7.77. The molecule has 1 N–H and O–H groups in total. The van der Waals surface area contributed by atoms with E-state index in [1.165, 1.54) is 28.3 Å². The molecule has 0 aliphatic carbocycles. The highest BCUT2D eigenvalue weighted by molar-refractivity contribution is 5.66. The van der Waals surface area contributed by atoms with Gasteiger partial charge < -0.3 is 15.0 Å². The molecule has 0 spiro atoms. The van der Waals surface area contributed by atoms with Crippen LogP contribution in [-0.4, -0.2) is 65.1 Å². The third-order valence-corrected chi connectivity index (χ3v) is 5.89. The lowest BCUT2D eigenvalue weighted by Crippen LogP contribution is -2.61. The van der Waals surface area contributed by atoms with E-state index in [0.29, 0.717) is 17.7 Å². The van der Waals surface area contributed by atoms with Crippen LogP contribution in [0.2, 0.25) is 0 Å². The summed E-state index contributed by atoms with van der Waals surface area (Å²) >= 11 is 0. The van der Waals surface area contributed by atoms with Crippen LogP contribution < -0.4 is 10.2 Å². The second kappa shape index (κ2) is 8.24. The van der Waals surface area contributed by atoms with Crippen molar-refractivity contribution >= 4 is 17.3 Å². The normalized spacial score (nSPS) is 17.6. The van der Waals surface area contributed by atoms with Gasteiger partial charge in [-0.1, -0.05) is 6.07 Å². The van der Waals surface area contributed by atoms with Crippen LogP contribution in [-0.2, 0) is 4.74 Å². The minimum atomic E-state index is -0.921. The van der Waals surface area contributed by atoms with E-state index in [0.717, 1.165) is 57.2 Å². The van der Waals surface area contributed by atoms with Gasteiger partial charge in [0.25, 0.3) is 0 Å². The summed E-state index contributed by atoms with van der Waals surface area (Å²) in [7, 11) is 0. The molecule has 31 heavy (non-hydrogen) atoms. The van der Waals surface area contributed by atoms with Gasteiger partial charge in [-0.25, -0.2) is 13.5 Å². The molecule has 7 nitrogen and oxygen atoms in total. The topological polar surface area (TPSA) is 58.5 Å². The first-order valence-corrected chi connectivity index (χ1v) is 10.4. The number of halogens is 2. The van der Waals surface area contributed by atoms with Gasteiger partial charge in [-0.2, -0.15) is 4.98 Å². The smallest absolute Gasteiger partial charge is 0.246 e. The van der Waals surface area contributed by atoms with Crippen LogP contribution >= 0.6 is 0 Å². The van der Waals surface area contributed by atoms with Gasteiger partial charge in [0.2, 0.25) is 5.95 Å². The van der Waals surface area contributed by atoms with Gasteiger partial charge >= 0.3 is 0 Å². The second-order valence-electron chi connectivity index (χ2n) is 7.94. The molecule has 0 radical (unpaired) electrons. The lowest BCUT2D eigenvalue weighted by atomic mass is 10.0. The van der Waals surface area contributed by atoms with E-state index in [-0.39, 0.29) is 0 Å². The second-order valence-corrected chi connectivity index (χ2v) is 7.94. The zero-order chi connectivity index (χ0) is 21.4. The fourth-order valence-corrected chi connectivity index (χ4v) is 4.05. The molecular formula is C22H24F2N6O. The third-order valence-electron chi connectivity index (χ3n) is 5.89. The maximum absolute atomic E-state index is 13.5. The molecule has 0 amide bonds. The number of morpholine rings is 1. The van der Waals surface area contributed by atoms with Gasteiger partial charge in [-0.05, 0) is 36.8 Å². The number of aromatic nitrogens is 3. The minimum Gasteiger partial charge on any atom is -0.379 e. The molecule has 0 saturated carbocycles.